The van der Waals surface area contributed by atoms with Crippen LogP contribution in [0.5, 0.6) is 0 Å². The molecule has 86 valence electrons. The topological polar surface area (TPSA) is 20.3 Å². The molecule has 1 saturated carbocycles. The number of rotatable bonds is 2. The average Bonchev–Trinajstić information content (AvgIpc) is 2.87. The summed E-state index contributed by atoms with van der Waals surface area (Å²) in [6.07, 6.45) is 3.53. The molecule has 2 rings (SSSR count). The summed E-state index contributed by atoms with van der Waals surface area (Å²) in [7, 11) is 0. The maximum atomic E-state index is 12.1. The zero-order valence-electron chi connectivity index (χ0n) is 9.63. The van der Waals surface area contributed by atoms with Crippen LogP contribution in [0.1, 0.15) is 33.1 Å². The van der Waals surface area contributed by atoms with E-state index in [-0.39, 0.29) is 5.41 Å². The number of nitrogens with zero attached hydrogens (tertiary/aromatic N) is 1. The van der Waals surface area contributed by atoms with E-state index >= 15 is 0 Å². The van der Waals surface area contributed by atoms with Gasteiger partial charge in [0.15, 0.2) is 0 Å². The minimum absolute atomic E-state index is 0.276. The van der Waals surface area contributed by atoms with Crippen molar-refractivity contribution in [3.8, 4) is 0 Å². The van der Waals surface area contributed by atoms with Crippen LogP contribution in [0, 0.1) is 17.3 Å². The Balaban J connectivity index is 1.91. The minimum atomic E-state index is 0.276. The van der Waals surface area contributed by atoms with Crippen molar-refractivity contribution in [1.82, 2.24) is 4.90 Å². The van der Waals surface area contributed by atoms with Crippen LogP contribution in [0.2, 0.25) is 0 Å². The molecule has 1 heterocycles. The molecule has 0 aromatic carbocycles. The van der Waals surface area contributed by atoms with E-state index in [1.807, 2.05) is 0 Å². The Kier molecular flexibility index (Phi) is 3.11. The van der Waals surface area contributed by atoms with E-state index in [2.05, 4.69) is 34.7 Å². The van der Waals surface area contributed by atoms with Crippen LogP contribution in [0.3, 0.4) is 0 Å². The van der Waals surface area contributed by atoms with E-state index in [0.29, 0.717) is 17.7 Å². The highest BCUT2D eigenvalue weighted by Crippen LogP contribution is 2.52. The Morgan fingerprint density at radius 3 is 2.73 bits per heavy atom. The molecule has 0 aromatic heterocycles. The van der Waals surface area contributed by atoms with Crippen LogP contribution in [0.4, 0.5) is 0 Å². The van der Waals surface area contributed by atoms with E-state index in [1.54, 1.807) is 0 Å². The predicted octanol–water partition coefficient (Wildman–Crippen LogP) is 2.67. The number of piperidine rings is 1. The SMILES string of the molecule is CC1(C)CC1C(=O)N1CCCC(CBr)C1. The van der Waals surface area contributed by atoms with E-state index < -0.39 is 0 Å². The lowest BCUT2D eigenvalue weighted by Crippen LogP contribution is -2.41. The highest BCUT2D eigenvalue weighted by molar-refractivity contribution is 9.09. The first-order chi connectivity index (χ1) is 7.04. The Hall–Kier alpha value is -0.0500. The number of hydrogen-bond acceptors (Lipinski definition) is 1. The molecule has 2 nitrogen and oxygen atoms in total. The molecule has 0 radical (unpaired) electrons. The van der Waals surface area contributed by atoms with Gasteiger partial charge in [0, 0.05) is 24.3 Å². The van der Waals surface area contributed by atoms with E-state index in [4.69, 9.17) is 0 Å². The van der Waals surface area contributed by atoms with E-state index in [9.17, 15) is 4.79 Å². The molecule has 0 spiro atoms. The number of carbonyl (C=O) groups excluding carboxylic acids is 1. The number of hydrogen-bond donors (Lipinski definition) is 0. The summed E-state index contributed by atoms with van der Waals surface area (Å²) in [6.45, 7) is 6.34. The maximum absolute atomic E-state index is 12.1. The molecule has 2 fully saturated rings. The van der Waals surface area contributed by atoms with Crippen LogP contribution in [-0.2, 0) is 4.79 Å². The Labute approximate surface area is 101 Å². The highest BCUT2D eigenvalue weighted by Gasteiger charge is 2.52. The normalized spacial score (nSPS) is 33.9. The fourth-order valence-electron chi connectivity index (χ4n) is 2.50. The zero-order chi connectivity index (χ0) is 11.1. The van der Waals surface area contributed by atoms with Crippen molar-refractivity contribution in [3.05, 3.63) is 0 Å². The molecule has 1 aliphatic carbocycles. The van der Waals surface area contributed by atoms with Crippen molar-refractivity contribution in [2.75, 3.05) is 18.4 Å². The lowest BCUT2D eigenvalue weighted by molar-refractivity contribution is -0.134. The molecule has 2 aliphatic rings. The first kappa shape index (κ1) is 11.4. The first-order valence-electron chi connectivity index (χ1n) is 5.89. The maximum Gasteiger partial charge on any atom is 0.226 e. The number of carbonyl (C=O) groups is 1. The molecule has 1 saturated heterocycles. The summed E-state index contributed by atoms with van der Waals surface area (Å²) in [4.78, 5) is 14.2. The smallest absolute Gasteiger partial charge is 0.226 e. The second-order valence-corrected chi connectivity index (χ2v) is 6.34. The van der Waals surface area contributed by atoms with Crippen molar-refractivity contribution in [3.63, 3.8) is 0 Å². The van der Waals surface area contributed by atoms with Crippen LogP contribution in [0.15, 0.2) is 0 Å². The number of likely N-dealkylation sites (tertiary alicyclic amines) is 1. The standard InChI is InChI=1S/C12H20BrNO/c1-12(2)6-10(12)11(15)14-5-3-4-9(7-13)8-14/h9-10H,3-8H2,1-2H3. The quantitative estimate of drug-likeness (QED) is 0.709. The molecule has 3 heteroatoms. The lowest BCUT2D eigenvalue weighted by Gasteiger charge is -2.32. The number of alkyl halides is 1. The molecule has 0 aromatic rings. The van der Waals surface area contributed by atoms with Gasteiger partial charge < -0.3 is 4.90 Å². The van der Waals surface area contributed by atoms with Crippen molar-refractivity contribution in [2.24, 2.45) is 17.3 Å². The summed E-state index contributed by atoms with van der Waals surface area (Å²) in [5.74, 6) is 1.39. The molecular weight excluding hydrogens is 254 g/mol. The van der Waals surface area contributed by atoms with Crippen molar-refractivity contribution in [1.29, 1.82) is 0 Å². The Bertz CT molecular complexity index is 264. The lowest BCUT2D eigenvalue weighted by atomic mass is 9.99. The highest BCUT2D eigenvalue weighted by atomic mass is 79.9. The molecule has 2 atom stereocenters. The summed E-state index contributed by atoms with van der Waals surface area (Å²) in [5.41, 5.74) is 0.276. The second-order valence-electron chi connectivity index (χ2n) is 5.69. The van der Waals surface area contributed by atoms with Gasteiger partial charge in [0.2, 0.25) is 5.91 Å². The molecule has 1 amide bonds. The fourth-order valence-corrected chi connectivity index (χ4v) is 3.03. The van der Waals surface area contributed by atoms with Gasteiger partial charge in [0.05, 0.1) is 0 Å². The van der Waals surface area contributed by atoms with Gasteiger partial charge in [-0.25, -0.2) is 0 Å². The molecule has 15 heavy (non-hydrogen) atoms. The average molecular weight is 274 g/mol. The van der Waals surface area contributed by atoms with Gasteiger partial charge in [-0.05, 0) is 30.6 Å². The van der Waals surface area contributed by atoms with E-state index in [1.165, 1.54) is 12.8 Å². The molecular formula is C12H20BrNO. The summed E-state index contributed by atoms with van der Waals surface area (Å²) in [6, 6.07) is 0. The molecule has 0 bridgehead atoms. The monoisotopic (exact) mass is 273 g/mol. The largest absolute Gasteiger partial charge is 0.342 e. The summed E-state index contributed by atoms with van der Waals surface area (Å²) >= 11 is 3.52. The zero-order valence-corrected chi connectivity index (χ0v) is 11.2. The third-order valence-electron chi connectivity index (χ3n) is 3.86. The summed E-state index contributed by atoms with van der Waals surface area (Å²) < 4.78 is 0. The van der Waals surface area contributed by atoms with Gasteiger partial charge in [-0.3, -0.25) is 4.79 Å². The van der Waals surface area contributed by atoms with Gasteiger partial charge in [0.25, 0.3) is 0 Å². The van der Waals surface area contributed by atoms with Crippen molar-refractivity contribution >= 4 is 21.8 Å². The van der Waals surface area contributed by atoms with E-state index in [0.717, 1.165) is 24.8 Å². The van der Waals surface area contributed by atoms with Gasteiger partial charge in [-0.15, -0.1) is 0 Å². The van der Waals surface area contributed by atoms with Crippen molar-refractivity contribution in [2.45, 2.75) is 33.1 Å². The predicted molar refractivity (Wildman–Crippen MR) is 65.0 cm³/mol. The first-order valence-corrected chi connectivity index (χ1v) is 7.01. The van der Waals surface area contributed by atoms with Crippen LogP contribution < -0.4 is 0 Å². The second kappa shape index (κ2) is 4.08. The van der Waals surface area contributed by atoms with Gasteiger partial charge in [-0.2, -0.15) is 0 Å². The van der Waals surface area contributed by atoms with Crippen LogP contribution in [0.25, 0.3) is 0 Å². The Morgan fingerprint density at radius 2 is 2.20 bits per heavy atom. The Morgan fingerprint density at radius 1 is 1.53 bits per heavy atom. The van der Waals surface area contributed by atoms with Gasteiger partial charge in [-0.1, -0.05) is 29.8 Å². The van der Waals surface area contributed by atoms with Gasteiger partial charge >= 0.3 is 0 Å². The minimum Gasteiger partial charge on any atom is -0.342 e. The number of halogens is 1. The molecule has 0 N–H and O–H groups in total. The van der Waals surface area contributed by atoms with Crippen molar-refractivity contribution < 1.29 is 4.79 Å². The van der Waals surface area contributed by atoms with Crippen LogP contribution >= 0.6 is 15.9 Å². The summed E-state index contributed by atoms with van der Waals surface area (Å²) in [5, 5.41) is 1.03. The fraction of sp³-hybridized carbons (Fsp3) is 0.917. The van der Waals surface area contributed by atoms with Gasteiger partial charge in [0.1, 0.15) is 0 Å². The molecule has 1 aliphatic heterocycles. The third-order valence-corrected chi connectivity index (χ3v) is 4.78. The number of amides is 1. The third kappa shape index (κ3) is 2.38. The molecule has 2 unspecified atom stereocenters. The van der Waals surface area contributed by atoms with Crippen LogP contribution in [-0.4, -0.2) is 29.2 Å².